The average Bonchev–Trinajstić information content (AvgIpc) is 4.05. The second kappa shape index (κ2) is 26.3. The summed E-state index contributed by atoms with van der Waals surface area (Å²) in [5.74, 6) is 0.412. The van der Waals surface area contributed by atoms with E-state index in [0.29, 0.717) is 64.1 Å². The summed E-state index contributed by atoms with van der Waals surface area (Å²) in [5.41, 5.74) is 5.34. The highest BCUT2D eigenvalue weighted by Gasteiger charge is 2.42. The number of aromatic nitrogens is 3. The van der Waals surface area contributed by atoms with E-state index in [9.17, 15) is 19.2 Å². The number of aryl methyl sites for hydroxylation is 1. The van der Waals surface area contributed by atoms with Gasteiger partial charge in [-0.05, 0) is 113 Å². The first-order chi connectivity index (χ1) is 35.7. The Balaban J connectivity index is 0.000000293. The summed E-state index contributed by atoms with van der Waals surface area (Å²) in [7, 11) is 1.00. The topological polar surface area (TPSA) is 188 Å². The molecule has 3 unspecified atom stereocenters. The summed E-state index contributed by atoms with van der Waals surface area (Å²) < 4.78 is 30.9. The van der Waals surface area contributed by atoms with Crippen molar-refractivity contribution in [2.75, 3.05) is 74.6 Å². The van der Waals surface area contributed by atoms with E-state index in [1.54, 1.807) is 27.5 Å². The summed E-state index contributed by atoms with van der Waals surface area (Å²) in [4.78, 5) is 70.5. The van der Waals surface area contributed by atoms with Gasteiger partial charge in [0, 0.05) is 76.5 Å². The maximum absolute atomic E-state index is 15.5. The number of aliphatic hydroxyl groups excluding tert-OH is 1. The summed E-state index contributed by atoms with van der Waals surface area (Å²) in [6.07, 6.45) is 9.40. The largest absolute Gasteiger partial charge is 0.400 e. The van der Waals surface area contributed by atoms with Crippen LogP contribution in [0.1, 0.15) is 129 Å². The van der Waals surface area contributed by atoms with E-state index < -0.39 is 17.2 Å². The summed E-state index contributed by atoms with van der Waals surface area (Å²) in [6, 6.07) is 12.4. The average molecular weight is 1060 g/mol. The fraction of sp³-hybridized carbons (Fsp3) is 0.589. The molecule has 0 aliphatic carbocycles. The van der Waals surface area contributed by atoms with Crippen LogP contribution in [0.15, 0.2) is 54.3 Å². The van der Waals surface area contributed by atoms with Crippen LogP contribution in [0.3, 0.4) is 0 Å². The lowest BCUT2D eigenvalue weighted by Gasteiger charge is -2.48. The summed E-state index contributed by atoms with van der Waals surface area (Å²) >= 11 is 1.63. The third-order valence-electron chi connectivity index (χ3n) is 15.3. The second-order valence-corrected chi connectivity index (χ2v) is 23.3. The lowest BCUT2D eigenvalue weighted by atomic mass is 9.82. The van der Waals surface area contributed by atoms with Crippen LogP contribution in [0.2, 0.25) is 0 Å². The third kappa shape index (κ3) is 16.1. The number of rotatable bonds is 16. The van der Waals surface area contributed by atoms with Crippen molar-refractivity contribution in [3.05, 3.63) is 82.8 Å². The molecule has 8 rings (SSSR count). The number of unbranched alkanes of at least 4 members (excludes halogenated alkanes) is 1. The van der Waals surface area contributed by atoms with Gasteiger partial charge >= 0.3 is 0 Å². The minimum absolute atomic E-state index is 0.00989. The molecule has 0 saturated carbocycles. The third-order valence-corrected chi connectivity index (χ3v) is 16.3. The van der Waals surface area contributed by atoms with E-state index in [1.807, 2.05) is 44.5 Å². The van der Waals surface area contributed by atoms with E-state index >= 15 is 8.78 Å². The minimum Gasteiger partial charge on any atom is -0.400 e. The van der Waals surface area contributed by atoms with Crippen molar-refractivity contribution in [3.8, 4) is 10.4 Å². The number of carbonyl (C=O) groups is 4. The molecule has 0 bridgehead atoms. The Hall–Kier alpha value is -5.79. The molecule has 4 aliphatic rings. The van der Waals surface area contributed by atoms with Crippen molar-refractivity contribution in [1.29, 1.82) is 0 Å². The zero-order valence-corrected chi connectivity index (χ0v) is 46.4. The predicted octanol–water partition coefficient (Wildman–Crippen LogP) is 8.01. The lowest BCUT2D eigenvalue weighted by Crippen LogP contribution is -2.66. The first-order valence-electron chi connectivity index (χ1n) is 26.5. The smallest absolute Gasteiger partial charge is 0.243 e. The normalized spacial score (nSPS) is 19.2. The molecular weight excluding hydrogens is 977 g/mol. The fourth-order valence-electron chi connectivity index (χ4n) is 9.95. The quantitative estimate of drug-likeness (QED) is 0.0538. The second-order valence-electron chi connectivity index (χ2n) is 22.4. The molecule has 5 N–H and O–H groups in total. The number of anilines is 3. The number of halogens is 2. The number of piperidine rings is 2. The first kappa shape index (κ1) is 58.5. The van der Waals surface area contributed by atoms with E-state index in [0.717, 1.165) is 93.6 Å². The van der Waals surface area contributed by atoms with Crippen molar-refractivity contribution in [3.63, 3.8) is 0 Å². The number of hydrogen-bond donors (Lipinski definition) is 5. The number of aliphatic hydroxyl groups is 1. The molecule has 75 heavy (non-hydrogen) atoms. The van der Waals surface area contributed by atoms with Crippen LogP contribution >= 0.6 is 11.3 Å². The molecule has 19 heteroatoms. The highest BCUT2D eigenvalue weighted by Crippen LogP contribution is 2.35. The van der Waals surface area contributed by atoms with Crippen molar-refractivity contribution in [2.45, 2.75) is 143 Å². The molecule has 2 aromatic heterocycles. The van der Waals surface area contributed by atoms with Crippen LogP contribution in [0.25, 0.3) is 10.4 Å². The molecule has 4 fully saturated rings. The molecule has 4 aromatic rings. The Bertz CT molecular complexity index is 2520. The van der Waals surface area contributed by atoms with Gasteiger partial charge in [0.25, 0.3) is 0 Å². The molecule has 1 spiro atoms. The molecule has 4 saturated heterocycles. The standard InChI is InChI=1S/C37H56F2N8O2.C18H21N3O2S.CH4O/c1-26(35(2,3)4)43-33(48)9-7-8-14-40-31-21-32(42-25-41-31)46-17-12-37(13-18-46)24-47(23-34(49)44-37)30-20-28(38)27(19-29(30)39)22-45-15-10-36(5,6)11-16-45;1-12(20-18(23)16-4-3-9-21(16)11-22)14-5-7-15(8-6-14)17-13(2)19-10-24-17;1-2/h19-21,25-26H,7-18,22-24H2,1-6H3,(H,43,48)(H,44,49)(H,40,41,42);5-8,10-12,16H,3-4,9H2,1-2H3,(H,20,23);2H,1H3. The van der Waals surface area contributed by atoms with Gasteiger partial charge in [-0.25, -0.2) is 23.7 Å². The van der Waals surface area contributed by atoms with Gasteiger partial charge in [0.1, 0.15) is 35.6 Å². The Morgan fingerprint density at radius 1 is 0.920 bits per heavy atom. The monoisotopic (exact) mass is 1060 g/mol. The molecular formula is C56H81F2N11O5S. The Kier molecular flexibility index (Phi) is 20.5. The van der Waals surface area contributed by atoms with Crippen molar-refractivity contribution in [2.24, 2.45) is 10.8 Å². The van der Waals surface area contributed by atoms with Gasteiger partial charge in [0.2, 0.25) is 24.1 Å². The van der Waals surface area contributed by atoms with Crippen molar-refractivity contribution in [1.82, 2.24) is 40.7 Å². The number of nitrogens with zero attached hydrogens (tertiary/aromatic N) is 7. The highest BCUT2D eigenvalue weighted by molar-refractivity contribution is 7.13. The van der Waals surface area contributed by atoms with Gasteiger partial charge in [-0.3, -0.25) is 24.1 Å². The zero-order valence-electron chi connectivity index (χ0n) is 45.6. The van der Waals surface area contributed by atoms with Crippen LogP contribution < -0.4 is 31.1 Å². The lowest BCUT2D eigenvalue weighted by molar-refractivity contribution is -0.131. The molecule has 3 atom stereocenters. The highest BCUT2D eigenvalue weighted by atomic mass is 32.1. The van der Waals surface area contributed by atoms with Crippen molar-refractivity contribution >= 4 is 52.8 Å². The Morgan fingerprint density at radius 2 is 1.63 bits per heavy atom. The SMILES string of the molecule is CC(NC(=O)CCCCNc1cc(N2CCC3(CC2)CN(c2cc(F)c(CN4CCC(C)(C)CC4)cc2F)CC(=O)N3)ncn1)C(C)(C)C.CO.Cc1ncsc1-c1ccc(C(C)NC(=O)C2CCCN2C=O)cc1. The number of likely N-dealkylation sites (tertiary alicyclic amines) is 2. The Morgan fingerprint density at radius 3 is 2.28 bits per heavy atom. The fourth-order valence-corrected chi connectivity index (χ4v) is 10.8. The molecule has 2 aromatic carbocycles. The number of thiazole rings is 1. The van der Waals surface area contributed by atoms with Gasteiger partial charge in [-0.15, -0.1) is 11.3 Å². The molecule has 4 amide bonds. The number of piperazine rings is 1. The van der Waals surface area contributed by atoms with Gasteiger partial charge in [-0.1, -0.05) is 58.9 Å². The van der Waals surface area contributed by atoms with Crippen LogP contribution in [0, 0.1) is 29.4 Å². The van der Waals surface area contributed by atoms with E-state index in [2.05, 4.69) is 92.8 Å². The molecule has 410 valence electrons. The number of hydrogen-bond acceptors (Lipinski definition) is 13. The molecule has 0 radical (unpaired) electrons. The number of amides is 4. The summed E-state index contributed by atoms with van der Waals surface area (Å²) in [6.45, 7) is 22.0. The zero-order chi connectivity index (χ0) is 54.5. The first-order valence-corrected chi connectivity index (χ1v) is 27.4. The minimum atomic E-state index is -0.543. The predicted molar refractivity (Wildman–Crippen MR) is 293 cm³/mol. The van der Waals surface area contributed by atoms with E-state index in [4.69, 9.17) is 5.11 Å². The van der Waals surface area contributed by atoms with Crippen LogP contribution in [0.5, 0.6) is 0 Å². The molecule has 4 aliphatic heterocycles. The van der Waals surface area contributed by atoms with Crippen LogP contribution in [-0.4, -0.2) is 131 Å². The van der Waals surface area contributed by atoms with Crippen LogP contribution in [0.4, 0.5) is 26.1 Å². The number of nitrogens with one attached hydrogen (secondary N) is 4. The number of benzene rings is 2. The van der Waals surface area contributed by atoms with Gasteiger partial charge in [0.05, 0.1) is 39.9 Å². The number of carbonyl (C=O) groups excluding carboxylic acids is 4. The van der Waals surface area contributed by atoms with Crippen LogP contribution in [-0.2, 0) is 25.7 Å². The van der Waals surface area contributed by atoms with Gasteiger partial charge < -0.3 is 41.1 Å². The van der Waals surface area contributed by atoms with E-state index in [-0.39, 0.29) is 58.9 Å². The van der Waals surface area contributed by atoms with Gasteiger partial charge in [0.15, 0.2) is 0 Å². The Labute approximate surface area is 446 Å². The van der Waals surface area contributed by atoms with Gasteiger partial charge in [-0.2, -0.15) is 0 Å². The van der Waals surface area contributed by atoms with E-state index in [1.165, 1.54) is 17.0 Å². The maximum Gasteiger partial charge on any atom is 0.243 e. The molecule has 16 nitrogen and oxygen atoms in total. The van der Waals surface area contributed by atoms with Crippen molar-refractivity contribution < 1.29 is 33.1 Å². The maximum atomic E-state index is 15.5. The summed E-state index contributed by atoms with van der Waals surface area (Å²) in [5, 5.41) is 19.6. The molecule has 6 heterocycles.